The van der Waals surface area contributed by atoms with Gasteiger partial charge < -0.3 is 16.0 Å². The average molecular weight is 358 g/mol. The molecule has 0 atom stereocenters. The Hall–Kier alpha value is -3.16. The first-order valence-corrected chi connectivity index (χ1v) is 8.35. The van der Waals surface area contributed by atoms with Gasteiger partial charge in [0, 0.05) is 24.5 Å². The van der Waals surface area contributed by atoms with Crippen molar-refractivity contribution in [1.82, 2.24) is 0 Å². The summed E-state index contributed by atoms with van der Waals surface area (Å²) in [5, 5.41) is 13.5. The quantitative estimate of drug-likeness (QED) is 0.494. The number of halogens is 1. The van der Waals surface area contributed by atoms with Crippen LogP contribution < -0.4 is 16.0 Å². The summed E-state index contributed by atoms with van der Waals surface area (Å²) in [6.45, 7) is 2.02. The topological polar surface area (TPSA) is 102 Å². The Kier molecular flexibility index (Phi) is 5.01. The van der Waals surface area contributed by atoms with Crippen LogP contribution in [0.5, 0.6) is 0 Å². The molecule has 2 aromatic carbocycles. The molecule has 3 rings (SSSR count). The number of amides is 1. The molecule has 0 unspecified atom stereocenters. The number of nitrogens with two attached hydrogens (primary N) is 1. The van der Waals surface area contributed by atoms with Gasteiger partial charge in [0.2, 0.25) is 0 Å². The fraction of sp³-hybridized carbons (Fsp3) is 0.278. The summed E-state index contributed by atoms with van der Waals surface area (Å²) in [7, 11) is 0. The molecule has 0 aromatic heterocycles. The Morgan fingerprint density at radius 1 is 1.15 bits per heavy atom. The smallest absolute Gasteiger partial charge is 0.295 e. The summed E-state index contributed by atoms with van der Waals surface area (Å²) in [5.41, 5.74) is 5.97. The molecular formula is C18H19FN4O3. The van der Waals surface area contributed by atoms with E-state index in [0.717, 1.165) is 37.7 Å². The normalized spacial score (nSPS) is 14.1. The lowest BCUT2D eigenvalue weighted by Crippen LogP contribution is -2.29. The summed E-state index contributed by atoms with van der Waals surface area (Å²) >= 11 is 0. The molecule has 1 aliphatic heterocycles. The van der Waals surface area contributed by atoms with Gasteiger partial charge in [0.1, 0.15) is 11.5 Å². The molecule has 1 saturated heterocycles. The minimum atomic E-state index is -0.892. The van der Waals surface area contributed by atoms with Crippen LogP contribution in [0.25, 0.3) is 0 Å². The van der Waals surface area contributed by atoms with E-state index in [9.17, 15) is 19.3 Å². The van der Waals surface area contributed by atoms with Gasteiger partial charge in [-0.15, -0.1) is 0 Å². The first-order valence-electron chi connectivity index (χ1n) is 8.35. The lowest BCUT2D eigenvalue weighted by molar-refractivity contribution is -0.384. The van der Waals surface area contributed by atoms with Crippen molar-refractivity contribution < 1.29 is 14.1 Å². The van der Waals surface area contributed by atoms with Crippen LogP contribution in [0.1, 0.15) is 29.6 Å². The number of carbonyl (C=O) groups is 1. The molecule has 7 nitrogen and oxygen atoms in total. The van der Waals surface area contributed by atoms with E-state index in [4.69, 9.17) is 5.73 Å². The first-order chi connectivity index (χ1) is 12.5. The molecular weight excluding hydrogens is 339 g/mol. The number of nitrogen functional groups attached to an aromatic ring is 1. The summed E-state index contributed by atoms with van der Waals surface area (Å²) < 4.78 is 13.6. The van der Waals surface area contributed by atoms with Gasteiger partial charge >= 0.3 is 0 Å². The number of nitro benzene ring substituents is 1. The number of nitrogens with zero attached hydrogens (tertiary/aromatic N) is 2. The number of nitro groups is 1. The van der Waals surface area contributed by atoms with Gasteiger partial charge in [-0.3, -0.25) is 14.9 Å². The van der Waals surface area contributed by atoms with E-state index >= 15 is 0 Å². The largest absolute Gasteiger partial charge is 0.393 e. The third kappa shape index (κ3) is 3.74. The monoisotopic (exact) mass is 358 g/mol. The van der Waals surface area contributed by atoms with Crippen LogP contribution >= 0.6 is 0 Å². The predicted octanol–water partition coefficient (Wildman–Crippen LogP) is 3.56. The summed E-state index contributed by atoms with van der Waals surface area (Å²) in [4.78, 5) is 24.7. The van der Waals surface area contributed by atoms with E-state index in [-0.39, 0.29) is 11.3 Å². The molecule has 1 amide bonds. The highest BCUT2D eigenvalue weighted by Crippen LogP contribution is 2.28. The fourth-order valence-corrected chi connectivity index (χ4v) is 3.05. The maximum Gasteiger partial charge on any atom is 0.295 e. The number of nitrogens with one attached hydrogen (secondary N) is 1. The molecule has 26 heavy (non-hydrogen) atoms. The standard InChI is InChI=1S/C18H19FN4O3/c19-12-10-15(17(20)16(11-12)23(25)26)18(24)21-13-4-6-14(7-5-13)22-8-2-1-3-9-22/h4-7,10-11H,1-3,8-9,20H2,(H,21,24). The molecule has 136 valence electrons. The highest BCUT2D eigenvalue weighted by molar-refractivity contribution is 6.09. The van der Waals surface area contributed by atoms with Crippen molar-refractivity contribution >= 4 is 28.7 Å². The fourth-order valence-electron chi connectivity index (χ4n) is 3.05. The van der Waals surface area contributed by atoms with Crippen LogP contribution in [0.3, 0.4) is 0 Å². The maximum atomic E-state index is 13.6. The Morgan fingerprint density at radius 2 is 1.81 bits per heavy atom. The molecule has 2 aromatic rings. The number of rotatable bonds is 4. The summed E-state index contributed by atoms with van der Waals surface area (Å²) in [5.74, 6) is -1.59. The number of carbonyl (C=O) groups excluding carboxylic acids is 1. The van der Waals surface area contributed by atoms with Gasteiger partial charge in [0.25, 0.3) is 11.6 Å². The third-order valence-corrected chi connectivity index (χ3v) is 4.41. The molecule has 0 bridgehead atoms. The van der Waals surface area contributed by atoms with Crippen LogP contribution in [0, 0.1) is 15.9 Å². The molecule has 8 heteroatoms. The van der Waals surface area contributed by atoms with Crippen molar-refractivity contribution in [3.63, 3.8) is 0 Å². The second-order valence-electron chi connectivity index (χ2n) is 6.19. The third-order valence-electron chi connectivity index (χ3n) is 4.41. The van der Waals surface area contributed by atoms with Gasteiger partial charge in [0.15, 0.2) is 0 Å². The first kappa shape index (κ1) is 17.7. The number of anilines is 3. The van der Waals surface area contributed by atoms with E-state index in [2.05, 4.69) is 10.2 Å². The van der Waals surface area contributed by atoms with E-state index in [1.165, 1.54) is 6.42 Å². The molecule has 0 aliphatic carbocycles. The Labute approximate surface area is 149 Å². The molecule has 1 heterocycles. The van der Waals surface area contributed by atoms with Crippen molar-refractivity contribution in [2.45, 2.75) is 19.3 Å². The number of hydrogen-bond acceptors (Lipinski definition) is 5. The second-order valence-corrected chi connectivity index (χ2v) is 6.19. The van der Waals surface area contributed by atoms with E-state index < -0.39 is 22.3 Å². The van der Waals surface area contributed by atoms with Crippen molar-refractivity contribution in [1.29, 1.82) is 0 Å². The van der Waals surface area contributed by atoms with Crippen molar-refractivity contribution in [2.75, 3.05) is 29.0 Å². The van der Waals surface area contributed by atoms with E-state index in [1.807, 2.05) is 12.1 Å². The van der Waals surface area contributed by atoms with Crippen LogP contribution in [-0.4, -0.2) is 23.9 Å². The van der Waals surface area contributed by atoms with Crippen LogP contribution in [0.4, 0.5) is 27.1 Å². The zero-order chi connectivity index (χ0) is 18.7. The van der Waals surface area contributed by atoms with Gasteiger partial charge in [-0.25, -0.2) is 4.39 Å². The van der Waals surface area contributed by atoms with Gasteiger partial charge in [-0.05, 0) is 49.6 Å². The van der Waals surface area contributed by atoms with Crippen LogP contribution in [0.2, 0.25) is 0 Å². The van der Waals surface area contributed by atoms with Crippen molar-refractivity contribution in [3.05, 3.63) is 57.9 Å². The van der Waals surface area contributed by atoms with Gasteiger partial charge in [0.05, 0.1) is 16.6 Å². The zero-order valence-electron chi connectivity index (χ0n) is 14.1. The highest BCUT2D eigenvalue weighted by atomic mass is 19.1. The van der Waals surface area contributed by atoms with E-state index in [1.54, 1.807) is 12.1 Å². The summed E-state index contributed by atoms with van der Waals surface area (Å²) in [6, 6.07) is 8.87. The lowest BCUT2D eigenvalue weighted by atomic mass is 10.1. The number of piperidine rings is 1. The lowest BCUT2D eigenvalue weighted by Gasteiger charge is -2.28. The Morgan fingerprint density at radius 3 is 2.42 bits per heavy atom. The minimum Gasteiger partial charge on any atom is -0.393 e. The number of benzene rings is 2. The van der Waals surface area contributed by atoms with E-state index in [0.29, 0.717) is 11.8 Å². The SMILES string of the molecule is Nc1c(C(=O)Nc2ccc(N3CCCCC3)cc2)cc(F)cc1[N+](=O)[O-]. The summed E-state index contributed by atoms with van der Waals surface area (Å²) in [6.07, 6.45) is 3.57. The highest BCUT2D eigenvalue weighted by Gasteiger charge is 2.22. The Balaban J connectivity index is 1.77. The molecule has 0 radical (unpaired) electrons. The molecule has 1 fully saturated rings. The Bertz CT molecular complexity index is 833. The van der Waals surface area contributed by atoms with Crippen LogP contribution in [-0.2, 0) is 0 Å². The van der Waals surface area contributed by atoms with Crippen LogP contribution in [0.15, 0.2) is 36.4 Å². The average Bonchev–Trinajstić information content (AvgIpc) is 2.64. The zero-order valence-corrected chi connectivity index (χ0v) is 14.1. The van der Waals surface area contributed by atoms with Crippen molar-refractivity contribution in [3.8, 4) is 0 Å². The molecule has 3 N–H and O–H groups in total. The molecule has 0 saturated carbocycles. The number of hydrogen-bond donors (Lipinski definition) is 2. The predicted molar refractivity (Wildman–Crippen MR) is 97.9 cm³/mol. The molecule has 1 aliphatic rings. The van der Waals surface area contributed by atoms with Gasteiger partial charge in [-0.1, -0.05) is 0 Å². The van der Waals surface area contributed by atoms with Crippen molar-refractivity contribution in [2.24, 2.45) is 0 Å². The minimum absolute atomic E-state index is 0.267. The second kappa shape index (κ2) is 7.38. The van der Waals surface area contributed by atoms with Gasteiger partial charge in [-0.2, -0.15) is 0 Å². The maximum absolute atomic E-state index is 13.6. The molecule has 0 spiro atoms.